The molecule has 0 saturated heterocycles. The number of nitrogens with zero attached hydrogens (tertiary/aromatic N) is 6. The van der Waals surface area contributed by atoms with E-state index < -0.39 is 0 Å². The molecule has 0 radical (unpaired) electrons. The van der Waals surface area contributed by atoms with Crippen molar-refractivity contribution in [3.8, 4) is 11.1 Å². The Morgan fingerprint density at radius 1 is 0.833 bits per heavy atom. The minimum atomic E-state index is -0.330. The van der Waals surface area contributed by atoms with E-state index in [9.17, 15) is 19.5 Å². The van der Waals surface area contributed by atoms with Crippen LogP contribution < -0.4 is 10.6 Å². The summed E-state index contributed by atoms with van der Waals surface area (Å²) in [6, 6.07) is 11.7. The van der Waals surface area contributed by atoms with E-state index >= 15 is 0 Å². The highest BCUT2D eigenvalue weighted by atomic mass is 35.5. The monoisotopic (exact) mass is 836 g/mol. The zero-order valence-corrected chi connectivity index (χ0v) is 36.0. The summed E-state index contributed by atoms with van der Waals surface area (Å²) < 4.78 is 9.01. The molecule has 3 N–H and O–H groups in total. The topological polar surface area (TPSA) is 147 Å². The van der Waals surface area contributed by atoms with Gasteiger partial charge in [0.05, 0.1) is 40.7 Å². The first-order valence-electron chi connectivity index (χ1n) is 21.7. The van der Waals surface area contributed by atoms with Crippen molar-refractivity contribution in [3.05, 3.63) is 81.4 Å². The number of halogens is 1. The van der Waals surface area contributed by atoms with Gasteiger partial charge in [-0.25, -0.2) is 9.97 Å². The minimum Gasteiger partial charge on any atom is -0.469 e. The maximum atomic E-state index is 13.8. The zero-order valence-electron chi connectivity index (χ0n) is 35.3. The molecule has 0 unspecified atom stereocenters. The van der Waals surface area contributed by atoms with Crippen molar-refractivity contribution in [2.75, 3.05) is 37.4 Å². The fourth-order valence-corrected chi connectivity index (χ4v) is 11.6. The molecule has 4 heterocycles. The average Bonchev–Trinajstić information content (AvgIpc) is 4.01. The third-order valence-electron chi connectivity index (χ3n) is 14.9. The minimum absolute atomic E-state index is 0.0352. The van der Waals surface area contributed by atoms with Crippen LogP contribution in [-0.4, -0.2) is 90.7 Å². The summed E-state index contributed by atoms with van der Waals surface area (Å²) in [7, 11) is 5.32. The molecule has 4 aromatic rings. The lowest BCUT2D eigenvalue weighted by Crippen LogP contribution is -2.42. The number of aliphatic hydroxyl groups excluding tert-OH is 1. The summed E-state index contributed by atoms with van der Waals surface area (Å²) in [6.07, 6.45) is 11.1. The van der Waals surface area contributed by atoms with Crippen LogP contribution in [0, 0.1) is 17.8 Å². The number of carbonyl (C=O) groups excluding carboxylic acids is 3. The number of nitrogens with one attached hydrogen (secondary N) is 2. The van der Waals surface area contributed by atoms with Crippen molar-refractivity contribution in [2.45, 2.75) is 109 Å². The molecule has 13 nitrogen and oxygen atoms in total. The first-order valence-corrected chi connectivity index (χ1v) is 22.1. The number of benzene rings is 2. The Labute approximate surface area is 356 Å². The van der Waals surface area contributed by atoms with Crippen molar-refractivity contribution in [2.24, 2.45) is 24.9 Å². The quantitative estimate of drug-likeness (QED) is 0.147. The highest BCUT2D eigenvalue weighted by molar-refractivity contribution is 6.36. The molecule has 2 aliphatic heterocycles. The molecular weight excluding hydrogens is 780 g/mol. The second kappa shape index (κ2) is 16.0. The van der Waals surface area contributed by atoms with E-state index in [1.807, 2.05) is 60.5 Å². The van der Waals surface area contributed by atoms with Crippen LogP contribution in [0.25, 0.3) is 11.1 Å². The summed E-state index contributed by atoms with van der Waals surface area (Å²) >= 11 is 7.07. The second-order valence-electron chi connectivity index (χ2n) is 18.2. The molecule has 318 valence electrons. The van der Waals surface area contributed by atoms with Crippen molar-refractivity contribution in [3.63, 3.8) is 0 Å². The van der Waals surface area contributed by atoms with Crippen LogP contribution in [-0.2, 0) is 49.6 Å². The van der Waals surface area contributed by atoms with Gasteiger partial charge >= 0.3 is 5.97 Å². The van der Waals surface area contributed by atoms with Crippen molar-refractivity contribution in [1.82, 2.24) is 28.9 Å². The van der Waals surface area contributed by atoms with E-state index in [0.717, 1.165) is 136 Å². The highest BCUT2D eigenvalue weighted by Gasteiger charge is 2.58. The number of hydrogen-bond donors (Lipinski definition) is 3. The van der Waals surface area contributed by atoms with E-state index in [1.165, 1.54) is 7.11 Å². The molecule has 14 heteroatoms. The Balaban J connectivity index is 0.854. The van der Waals surface area contributed by atoms with E-state index in [0.29, 0.717) is 47.2 Å². The fraction of sp³-hybridized carbons (Fsp3) is 0.543. The first kappa shape index (κ1) is 40.8. The number of esters is 1. The van der Waals surface area contributed by atoms with Gasteiger partial charge in [-0.05, 0) is 106 Å². The van der Waals surface area contributed by atoms with E-state index in [-0.39, 0.29) is 34.7 Å². The number of rotatable bonds is 10. The predicted molar refractivity (Wildman–Crippen MR) is 230 cm³/mol. The van der Waals surface area contributed by atoms with Gasteiger partial charge in [0.15, 0.2) is 11.6 Å². The SMILES string of the molecule is COC(=O)C12CCC(CCN3CCc4c(nc(C(=O)Nc5cccc(-c6cccc(NC(=O)c7nc8c(n7C)CCN(C7CCC(O)CC7)C8)c6C)c5Cl)n4C)C3)(CC1)C2. The lowest BCUT2D eigenvalue weighted by atomic mass is 9.80. The maximum Gasteiger partial charge on any atom is 0.311 e. The van der Waals surface area contributed by atoms with Crippen LogP contribution in [0.5, 0.6) is 0 Å². The van der Waals surface area contributed by atoms with E-state index in [4.69, 9.17) is 26.3 Å². The van der Waals surface area contributed by atoms with E-state index in [2.05, 4.69) is 20.4 Å². The number of aromatic nitrogens is 4. The molecule has 0 atom stereocenters. The van der Waals surface area contributed by atoms with Crippen molar-refractivity contribution >= 4 is 40.8 Å². The number of ether oxygens (including phenoxy) is 1. The van der Waals surface area contributed by atoms with Crippen LogP contribution in [0.2, 0.25) is 5.02 Å². The molecule has 2 aromatic carbocycles. The molecular formula is C46H57ClN8O5. The Morgan fingerprint density at radius 3 is 2.10 bits per heavy atom. The molecule has 3 saturated carbocycles. The highest BCUT2D eigenvalue weighted by Crippen LogP contribution is 2.63. The Bertz CT molecular complexity index is 2340. The molecule has 5 aliphatic rings. The number of imidazole rings is 2. The van der Waals surface area contributed by atoms with Crippen molar-refractivity contribution in [1.29, 1.82) is 0 Å². The summed E-state index contributed by atoms with van der Waals surface area (Å²) in [5.41, 5.74) is 7.51. The Kier molecular flexibility index (Phi) is 10.9. The Hall–Kier alpha value is -4.56. The smallest absolute Gasteiger partial charge is 0.311 e. The summed E-state index contributed by atoms with van der Waals surface area (Å²) in [6.45, 7) is 6.11. The third-order valence-corrected chi connectivity index (χ3v) is 15.3. The molecule has 60 heavy (non-hydrogen) atoms. The standard InChI is InChI=1S/C46H57ClN8O5/c1-28-31(7-5-9-33(28)50-42(57)40-49-36-26-55(23-16-38(36)53(40)3)29-11-13-30(56)14-12-29)32-8-6-10-34(39(32)47)51-43(58)41-48-35-25-54(22-15-37(35)52(41)2)24-21-45-17-19-46(27-45,20-18-45)44(59)60-4/h5-10,29-30,56H,11-27H2,1-4H3,(H,50,57)(H,51,58). The number of amides is 2. The van der Waals surface area contributed by atoms with Gasteiger partial charge in [-0.2, -0.15) is 0 Å². The summed E-state index contributed by atoms with van der Waals surface area (Å²) in [5.74, 6) is 0.0783. The van der Waals surface area contributed by atoms with Crippen LogP contribution in [0.1, 0.15) is 114 Å². The number of hydrogen-bond acceptors (Lipinski definition) is 9. The van der Waals surface area contributed by atoms with Crippen LogP contribution in [0.3, 0.4) is 0 Å². The van der Waals surface area contributed by atoms with Gasteiger partial charge < -0.3 is 29.6 Å². The number of carbonyl (C=O) groups is 3. The Morgan fingerprint density at radius 2 is 1.43 bits per heavy atom. The predicted octanol–water partition coefficient (Wildman–Crippen LogP) is 6.82. The fourth-order valence-electron chi connectivity index (χ4n) is 11.3. The number of methoxy groups -OCH3 is 1. The van der Waals surface area contributed by atoms with Gasteiger partial charge in [-0.1, -0.05) is 35.9 Å². The van der Waals surface area contributed by atoms with E-state index in [1.54, 1.807) is 6.07 Å². The summed E-state index contributed by atoms with van der Waals surface area (Å²) in [4.78, 5) is 54.8. The average molecular weight is 837 g/mol. The normalized spacial score (nSPS) is 25.2. The van der Waals surface area contributed by atoms with Crippen LogP contribution in [0.15, 0.2) is 36.4 Å². The largest absolute Gasteiger partial charge is 0.469 e. The lowest BCUT2D eigenvalue weighted by molar-refractivity contribution is -0.152. The molecule has 3 aliphatic carbocycles. The molecule has 2 bridgehead atoms. The third kappa shape index (κ3) is 7.35. The van der Waals surface area contributed by atoms with Crippen LogP contribution >= 0.6 is 11.6 Å². The van der Waals surface area contributed by atoms with Gasteiger partial charge in [0.1, 0.15) is 0 Å². The van der Waals surface area contributed by atoms with Gasteiger partial charge in [0.2, 0.25) is 0 Å². The molecule has 0 spiro atoms. The van der Waals surface area contributed by atoms with Gasteiger partial charge in [-0.3, -0.25) is 24.2 Å². The molecule has 9 rings (SSSR count). The molecule has 3 fully saturated rings. The van der Waals surface area contributed by atoms with Gasteiger partial charge in [-0.15, -0.1) is 0 Å². The molecule has 2 amide bonds. The zero-order chi connectivity index (χ0) is 41.9. The molecule has 2 aromatic heterocycles. The first-order chi connectivity index (χ1) is 28.9. The number of aliphatic hydroxyl groups is 1. The van der Waals surface area contributed by atoms with Crippen molar-refractivity contribution < 1.29 is 24.2 Å². The van der Waals surface area contributed by atoms with Crippen LogP contribution in [0.4, 0.5) is 11.4 Å². The van der Waals surface area contributed by atoms with Gasteiger partial charge in [0.25, 0.3) is 11.8 Å². The maximum absolute atomic E-state index is 13.8. The lowest BCUT2D eigenvalue weighted by Gasteiger charge is -2.37. The van der Waals surface area contributed by atoms with Gasteiger partial charge in [0, 0.05) is 81.8 Å². The number of fused-ring (bicyclic) bond motifs is 4. The number of anilines is 2. The second-order valence-corrected chi connectivity index (χ2v) is 18.6. The summed E-state index contributed by atoms with van der Waals surface area (Å²) in [5, 5.41) is 16.5.